The SMILES string of the molecule is C#Cc1c(F)ccc2cc(C)cc(-c3c(N)c(C=NC)c4c(N5CCC(NC)C5)nc(CCC56CCCN5CCC6)nc4c3F)c12. The third kappa shape index (κ3) is 4.90. The predicted molar refractivity (Wildman–Crippen MR) is 184 cm³/mol. The molecule has 4 heterocycles. The van der Waals surface area contributed by atoms with E-state index in [4.69, 9.17) is 22.1 Å². The molecule has 4 aromatic rings. The van der Waals surface area contributed by atoms with Gasteiger partial charge in [0.2, 0.25) is 0 Å². The van der Waals surface area contributed by atoms with E-state index in [0.717, 1.165) is 44.6 Å². The third-order valence-electron chi connectivity index (χ3n) is 10.6. The van der Waals surface area contributed by atoms with Gasteiger partial charge in [-0.1, -0.05) is 24.1 Å². The predicted octanol–water partition coefficient (Wildman–Crippen LogP) is 6.01. The number of nitrogens with zero attached hydrogens (tertiary/aromatic N) is 5. The average molecular weight is 622 g/mol. The first-order valence-corrected chi connectivity index (χ1v) is 16.4. The van der Waals surface area contributed by atoms with Gasteiger partial charge in [-0.25, -0.2) is 18.7 Å². The molecule has 1 aromatic heterocycles. The maximum Gasteiger partial charge on any atom is 0.159 e. The highest BCUT2D eigenvalue weighted by Gasteiger charge is 2.43. The van der Waals surface area contributed by atoms with Gasteiger partial charge in [-0.3, -0.25) is 9.89 Å². The van der Waals surface area contributed by atoms with Crippen LogP contribution in [-0.4, -0.2) is 72.9 Å². The number of benzene rings is 3. The number of hydrogen-bond donors (Lipinski definition) is 2. The zero-order valence-corrected chi connectivity index (χ0v) is 26.9. The van der Waals surface area contributed by atoms with Crippen molar-refractivity contribution in [3.05, 3.63) is 58.4 Å². The molecule has 0 radical (unpaired) electrons. The van der Waals surface area contributed by atoms with Crippen LogP contribution in [0.1, 0.15) is 61.0 Å². The number of halogens is 2. The van der Waals surface area contributed by atoms with Crippen LogP contribution in [0.15, 0.2) is 29.3 Å². The molecule has 0 bridgehead atoms. The first kappa shape index (κ1) is 30.5. The molecule has 0 saturated carbocycles. The van der Waals surface area contributed by atoms with Gasteiger partial charge < -0.3 is 16.0 Å². The summed E-state index contributed by atoms with van der Waals surface area (Å²) in [7, 11) is 3.63. The average Bonchev–Trinajstić information content (AvgIpc) is 3.78. The molecule has 1 unspecified atom stereocenters. The molecule has 3 aromatic carbocycles. The summed E-state index contributed by atoms with van der Waals surface area (Å²) < 4.78 is 32.5. The van der Waals surface area contributed by atoms with Crippen LogP contribution in [-0.2, 0) is 6.42 Å². The number of aryl methyl sites for hydroxylation is 2. The molecular formula is C37H41F2N7. The highest BCUT2D eigenvalue weighted by atomic mass is 19.1. The number of nitrogens with one attached hydrogen (secondary N) is 1. The highest BCUT2D eigenvalue weighted by molar-refractivity contribution is 6.15. The van der Waals surface area contributed by atoms with Gasteiger partial charge in [0.1, 0.15) is 23.0 Å². The number of aliphatic imine (C=N–C) groups is 1. The fourth-order valence-corrected chi connectivity index (χ4v) is 8.37. The van der Waals surface area contributed by atoms with Gasteiger partial charge >= 0.3 is 0 Å². The molecule has 3 saturated heterocycles. The molecule has 7 nitrogen and oxygen atoms in total. The zero-order chi connectivity index (χ0) is 32.2. The Morgan fingerprint density at radius 3 is 2.63 bits per heavy atom. The Hall–Kier alpha value is -4.13. The Morgan fingerprint density at radius 2 is 1.93 bits per heavy atom. The fourth-order valence-electron chi connectivity index (χ4n) is 8.37. The minimum Gasteiger partial charge on any atom is -0.398 e. The maximum absolute atomic E-state index is 17.4. The van der Waals surface area contributed by atoms with Crippen molar-refractivity contribution >= 4 is 39.4 Å². The molecule has 238 valence electrons. The fraction of sp³-hybridized carbons (Fsp3) is 0.432. The summed E-state index contributed by atoms with van der Waals surface area (Å²) in [5.74, 6) is 2.71. The third-order valence-corrected chi connectivity index (χ3v) is 10.6. The molecule has 3 fully saturated rings. The van der Waals surface area contributed by atoms with Crippen LogP contribution in [0.4, 0.5) is 20.3 Å². The molecule has 3 N–H and O–H groups in total. The minimum atomic E-state index is -0.560. The van der Waals surface area contributed by atoms with Gasteiger partial charge in [-0.05, 0) is 88.2 Å². The van der Waals surface area contributed by atoms with E-state index in [1.165, 1.54) is 31.7 Å². The van der Waals surface area contributed by atoms with Crippen molar-refractivity contribution in [1.29, 1.82) is 0 Å². The normalized spacial score (nSPS) is 19.6. The number of nitrogen functional groups attached to an aromatic ring is 1. The molecule has 0 aliphatic carbocycles. The van der Waals surface area contributed by atoms with Crippen LogP contribution in [0.25, 0.3) is 32.8 Å². The Labute approximate surface area is 269 Å². The lowest BCUT2D eigenvalue weighted by molar-refractivity contribution is 0.182. The Morgan fingerprint density at radius 1 is 1.15 bits per heavy atom. The summed E-state index contributed by atoms with van der Waals surface area (Å²) in [6.45, 7) is 5.71. The number of aromatic nitrogens is 2. The van der Waals surface area contributed by atoms with Gasteiger partial charge in [-0.2, -0.15) is 0 Å². The van der Waals surface area contributed by atoms with E-state index in [9.17, 15) is 0 Å². The van der Waals surface area contributed by atoms with Crippen LogP contribution in [0.2, 0.25) is 0 Å². The second-order valence-corrected chi connectivity index (χ2v) is 13.2. The Kier molecular flexibility index (Phi) is 7.90. The van der Waals surface area contributed by atoms with Crippen molar-refractivity contribution in [3.8, 4) is 23.5 Å². The Balaban J connectivity index is 1.49. The molecule has 3 aliphatic heterocycles. The van der Waals surface area contributed by atoms with Gasteiger partial charge in [-0.15, -0.1) is 6.42 Å². The topological polar surface area (TPSA) is 82.7 Å². The number of anilines is 2. The summed E-state index contributed by atoms with van der Waals surface area (Å²) in [5, 5.41) is 5.09. The summed E-state index contributed by atoms with van der Waals surface area (Å²) in [6, 6.07) is 7.06. The van der Waals surface area contributed by atoms with E-state index < -0.39 is 11.6 Å². The first-order chi connectivity index (χ1) is 22.3. The van der Waals surface area contributed by atoms with E-state index >= 15 is 8.78 Å². The van der Waals surface area contributed by atoms with Crippen molar-refractivity contribution in [2.75, 3.05) is 50.9 Å². The van der Waals surface area contributed by atoms with Crippen molar-refractivity contribution < 1.29 is 8.78 Å². The molecule has 0 amide bonds. The van der Waals surface area contributed by atoms with E-state index in [2.05, 4.69) is 26.0 Å². The van der Waals surface area contributed by atoms with Gasteiger partial charge in [0.05, 0.1) is 16.6 Å². The molecule has 7 rings (SSSR count). The van der Waals surface area contributed by atoms with Crippen LogP contribution < -0.4 is 16.0 Å². The van der Waals surface area contributed by atoms with Crippen molar-refractivity contribution in [3.63, 3.8) is 0 Å². The number of rotatable bonds is 7. The second-order valence-electron chi connectivity index (χ2n) is 13.2. The van der Waals surface area contributed by atoms with Crippen LogP contribution in [0.3, 0.4) is 0 Å². The van der Waals surface area contributed by atoms with E-state index in [-0.39, 0.29) is 27.9 Å². The zero-order valence-electron chi connectivity index (χ0n) is 26.9. The van der Waals surface area contributed by atoms with Crippen LogP contribution >= 0.6 is 0 Å². The van der Waals surface area contributed by atoms with Crippen LogP contribution in [0, 0.1) is 30.9 Å². The minimum absolute atomic E-state index is 0.0771. The van der Waals surface area contributed by atoms with Crippen molar-refractivity contribution in [2.24, 2.45) is 4.99 Å². The van der Waals surface area contributed by atoms with E-state index in [0.29, 0.717) is 51.4 Å². The maximum atomic E-state index is 17.4. The number of fused-ring (bicyclic) bond motifs is 3. The smallest absolute Gasteiger partial charge is 0.159 e. The number of nitrogens with two attached hydrogens (primary N) is 1. The molecule has 9 heteroatoms. The molecule has 1 atom stereocenters. The molecule has 0 spiro atoms. The van der Waals surface area contributed by atoms with Gasteiger partial charge in [0, 0.05) is 60.9 Å². The number of hydrogen-bond acceptors (Lipinski definition) is 7. The lowest BCUT2D eigenvalue weighted by Crippen LogP contribution is -2.38. The van der Waals surface area contributed by atoms with Gasteiger partial charge in [0.25, 0.3) is 0 Å². The molecular weight excluding hydrogens is 580 g/mol. The number of terminal acetylenes is 1. The first-order valence-electron chi connectivity index (χ1n) is 16.4. The number of likely N-dealkylation sites (N-methyl/N-ethyl adjacent to an activating group) is 1. The van der Waals surface area contributed by atoms with Crippen LogP contribution in [0.5, 0.6) is 0 Å². The monoisotopic (exact) mass is 621 g/mol. The molecule has 3 aliphatic rings. The lowest BCUT2D eigenvalue weighted by Gasteiger charge is -2.32. The van der Waals surface area contributed by atoms with Gasteiger partial charge in [0.15, 0.2) is 5.82 Å². The van der Waals surface area contributed by atoms with E-state index in [1.807, 2.05) is 26.1 Å². The second kappa shape index (κ2) is 11.9. The van der Waals surface area contributed by atoms with E-state index in [1.54, 1.807) is 19.3 Å². The standard InChI is InChI=1S/C37H41F2N7/c1-5-25-28(38)9-8-23-18-22(2)19-26(30(23)25)31-33(39)35-32(27(20-41-3)34(31)40)36(45-17-11-24(21-45)42-4)44-29(43-35)10-14-37-12-6-15-46(37)16-7-13-37/h1,8-9,18-20,24,42H,6-7,10-17,21,40H2,2-4H3. The van der Waals surface area contributed by atoms with Crippen molar-refractivity contribution in [2.45, 2.75) is 63.5 Å². The lowest BCUT2D eigenvalue weighted by atomic mass is 9.88. The summed E-state index contributed by atoms with van der Waals surface area (Å²) in [6.07, 6.45) is 14.8. The molecule has 46 heavy (non-hydrogen) atoms. The Bertz CT molecular complexity index is 1920. The summed E-state index contributed by atoms with van der Waals surface area (Å²) in [5.41, 5.74) is 9.60. The highest BCUT2D eigenvalue weighted by Crippen LogP contribution is 2.45. The largest absolute Gasteiger partial charge is 0.398 e. The summed E-state index contributed by atoms with van der Waals surface area (Å²) in [4.78, 5) is 19.3. The van der Waals surface area contributed by atoms with Crippen molar-refractivity contribution in [1.82, 2.24) is 20.2 Å². The summed E-state index contributed by atoms with van der Waals surface area (Å²) >= 11 is 0. The quantitative estimate of drug-likeness (QED) is 0.150.